The summed E-state index contributed by atoms with van der Waals surface area (Å²) in [6.45, 7) is 4.13. The first kappa shape index (κ1) is 19.5. The minimum Gasteiger partial charge on any atom is -0.347 e. The molecular formula is C21H20F3NOS. The standard InChI is InChI=1S/C21H20F3NOS/c1-20(2)17-9-4-5-10-18(17)25(3)19(20)12-15(26)13-27-16-8-6-7-14(11-16)21(22,23)24/h4-12H,13H2,1-3H3/b19-12-. The average Bonchev–Trinajstić information content (AvgIpc) is 2.81. The Kier molecular flexibility index (Phi) is 5.12. The van der Waals surface area contributed by atoms with Crippen molar-refractivity contribution in [3.8, 4) is 0 Å². The van der Waals surface area contributed by atoms with Crippen LogP contribution in [0.2, 0.25) is 0 Å². The molecule has 1 heterocycles. The normalized spacial score (nSPS) is 17.3. The van der Waals surface area contributed by atoms with E-state index in [2.05, 4.69) is 19.9 Å². The van der Waals surface area contributed by atoms with Crippen LogP contribution in [-0.2, 0) is 16.4 Å². The summed E-state index contributed by atoms with van der Waals surface area (Å²) >= 11 is 1.11. The number of hydrogen-bond acceptors (Lipinski definition) is 3. The Balaban J connectivity index is 1.75. The lowest BCUT2D eigenvalue weighted by atomic mass is 9.83. The van der Waals surface area contributed by atoms with Gasteiger partial charge in [-0.15, -0.1) is 11.8 Å². The molecule has 0 amide bonds. The lowest BCUT2D eigenvalue weighted by molar-refractivity contribution is -0.137. The van der Waals surface area contributed by atoms with E-state index in [1.807, 2.05) is 30.1 Å². The van der Waals surface area contributed by atoms with Gasteiger partial charge in [-0.25, -0.2) is 0 Å². The molecule has 0 aliphatic carbocycles. The predicted molar refractivity (Wildman–Crippen MR) is 103 cm³/mol. The van der Waals surface area contributed by atoms with Gasteiger partial charge < -0.3 is 4.90 Å². The molecule has 0 unspecified atom stereocenters. The highest BCUT2D eigenvalue weighted by molar-refractivity contribution is 8.00. The van der Waals surface area contributed by atoms with Crippen LogP contribution < -0.4 is 4.90 Å². The Morgan fingerprint density at radius 3 is 2.52 bits per heavy atom. The van der Waals surface area contributed by atoms with Gasteiger partial charge in [-0.2, -0.15) is 13.2 Å². The van der Waals surface area contributed by atoms with Gasteiger partial charge in [-0.05, 0) is 29.8 Å². The fraction of sp³-hybridized carbons (Fsp3) is 0.286. The molecule has 27 heavy (non-hydrogen) atoms. The third kappa shape index (κ3) is 3.90. The monoisotopic (exact) mass is 391 g/mol. The number of carbonyl (C=O) groups excluding carboxylic acids is 1. The molecule has 1 aliphatic heterocycles. The number of hydrogen-bond donors (Lipinski definition) is 0. The highest BCUT2D eigenvalue weighted by Gasteiger charge is 2.38. The zero-order chi connectivity index (χ0) is 19.8. The van der Waals surface area contributed by atoms with Crippen molar-refractivity contribution in [2.45, 2.75) is 30.3 Å². The summed E-state index contributed by atoms with van der Waals surface area (Å²) in [6.07, 6.45) is -2.77. The second-order valence-electron chi connectivity index (χ2n) is 7.01. The molecule has 0 aromatic heterocycles. The molecule has 1 aliphatic rings. The number of alkyl halides is 3. The van der Waals surface area contributed by atoms with Crippen LogP contribution in [-0.4, -0.2) is 18.6 Å². The number of rotatable bonds is 4. The van der Waals surface area contributed by atoms with E-state index in [0.29, 0.717) is 4.90 Å². The second-order valence-corrected chi connectivity index (χ2v) is 8.06. The van der Waals surface area contributed by atoms with Crippen LogP contribution in [0, 0.1) is 0 Å². The largest absolute Gasteiger partial charge is 0.416 e. The van der Waals surface area contributed by atoms with E-state index in [0.717, 1.165) is 40.8 Å². The van der Waals surface area contributed by atoms with E-state index >= 15 is 0 Å². The number of thioether (sulfide) groups is 1. The molecule has 2 aromatic carbocycles. The molecule has 0 atom stereocenters. The van der Waals surface area contributed by atoms with Gasteiger partial charge in [-0.1, -0.05) is 38.1 Å². The van der Waals surface area contributed by atoms with Crippen molar-refractivity contribution in [2.75, 3.05) is 17.7 Å². The molecule has 0 bridgehead atoms. The molecule has 0 radical (unpaired) electrons. The molecule has 6 heteroatoms. The molecule has 0 spiro atoms. The summed E-state index contributed by atoms with van der Waals surface area (Å²) in [6, 6.07) is 13.0. The molecule has 142 valence electrons. The molecule has 0 saturated carbocycles. The van der Waals surface area contributed by atoms with Gasteiger partial charge in [0.15, 0.2) is 5.78 Å². The van der Waals surface area contributed by atoms with E-state index in [1.54, 1.807) is 12.1 Å². The third-order valence-corrected chi connectivity index (χ3v) is 5.80. The van der Waals surface area contributed by atoms with Gasteiger partial charge >= 0.3 is 6.18 Å². The molecule has 3 rings (SSSR count). The number of halogens is 3. The van der Waals surface area contributed by atoms with Gasteiger partial charge in [0.25, 0.3) is 0 Å². The number of ketones is 1. The quantitative estimate of drug-likeness (QED) is 0.494. The van der Waals surface area contributed by atoms with Crippen molar-refractivity contribution in [1.82, 2.24) is 0 Å². The van der Waals surface area contributed by atoms with Crippen molar-refractivity contribution < 1.29 is 18.0 Å². The minimum absolute atomic E-state index is 0.0884. The predicted octanol–water partition coefficient (Wildman–Crippen LogP) is 5.68. The summed E-state index contributed by atoms with van der Waals surface area (Å²) in [4.78, 5) is 14.9. The number of para-hydroxylation sites is 1. The fourth-order valence-electron chi connectivity index (χ4n) is 3.37. The van der Waals surface area contributed by atoms with E-state index in [-0.39, 0.29) is 17.0 Å². The average molecular weight is 391 g/mol. The van der Waals surface area contributed by atoms with E-state index in [1.165, 1.54) is 6.07 Å². The summed E-state index contributed by atoms with van der Waals surface area (Å²) < 4.78 is 38.4. The number of fused-ring (bicyclic) bond motifs is 1. The second kappa shape index (κ2) is 7.08. The SMILES string of the molecule is CN1/C(=C\C(=O)CSc2cccc(C(F)(F)F)c2)C(C)(C)c2ccccc21. The molecule has 0 fully saturated rings. The topological polar surface area (TPSA) is 20.3 Å². The Morgan fingerprint density at radius 2 is 1.85 bits per heavy atom. The smallest absolute Gasteiger partial charge is 0.347 e. The van der Waals surface area contributed by atoms with Crippen LogP contribution >= 0.6 is 11.8 Å². The van der Waals surface area contributed by atoms with Gasteiger partial charge in [-0.3, -0.25) is 4.79 Å². The lowest BCUT2D eigenvalue weighted by Crippen LogP contribution is -2.24. The van der Waals surface area contributed by atoms with E-state index in [9.17, 15) is 18.0 Å². The van der Waals surface area contributed by atoms with Crippen molar-refractivity contribution in [3.63, 3.8) is 0 Å². The van der Waals surface area contributed by atoms with Gasteiger partial charge in [0.1, 0.15) is 0 Å². The van der Waals surface area contributed by atoms with E-state index < -0.39 is 11.7 Å². The molecule has 0 saturated heterocycles. The number of likely N-dealkylation sites (N-methyl/N-ethyl adjacent to an activating group) is 1. The van der Waals surface area contributed by atoms with E-state index in [4.69, 9.17) is 0 Å². The van der Waals surface area contributed by atoms with Gasteiger partial charge in [0, 0.05) is 34.8 Å². The zero-order valence-corrected chi connectivity index (χ0v) is 16.1. The third-order valence-electron chi connectivity index (χ3n) is 4.78. The van der Waals surface area contributed by atoms with Crippen molar-refractivity contribution in [1.29, 1.82) is 0 Å². The Bertz CT molecular complexity index is 902. The molecular weight excluding hydrogens is 371 g/mol. The maximum absolute atomic E-state index is 12.8. The summed E-state index contributed by atoms with van der Waals surface area (Å²) in [5.41, 5.74) is 2.09. The van der Waals surface area contributed by atoms with Crippen LogP contribution in [0.3, 0.4) is 0 Å². The first-order valence-corrected chi connectivity index (χ1v) is 9.47. The fourth-order valence-corrected chi connectivity index (χ4v) is 4.15. The molecule has 2 aromatic rings. The number of anilines is 1. The van der Waals surface area contributed by atoms with Crippen LogP contribution in [0.15, 0.2) is 65.2 Å². The van der Waals surface area contributed by atoms with Crippen molar-refractivity contribution in [2.24, 2.45) is 0 Å². The number of benzene rings is 2. The van der Waals surface area contributed by atoms with Crippen molar-refractivity contribution in [3.05, 3.63) is 71.4 Å². The zero-order valence-electron chi connectivity index (χ0n) is 15.3. The van der Waals surface area contributed by atoms with Gasteiger partial charge in [0.2, 0.25) is 0 Å². The molecule has 0 N–H and O–H groups in total. The summed E-state index contributed by atoms with van der Waals surface area (Å²) in [5, 5.41) is 0. The maximum atomic E-state index is 12.8. The number of carbonyl (C=O) groups is 1. The maximum Gasteiger partial charge on any atom is 0.416 e. The van der Waals surface area contributed by atoms with Crippen LogP contribution in [0.5, 0.6) is 0 Å². The summed E-state index contributed by atoms with van der Waals surface area (Å²) in [7, 11) is 1.92. The first-order chi connectivity index (χ1) is 12.6. The minimum atomic E-state index is -4.38. The van der Waals surface area contributed by atoms with Crippen LogP contribution in [0.25, 0.3) is 0 Å². The Hall–Kier alpha value is -2.21. The van der Waals surface area contributed by atoms with Crippen LogP contribution in [0.4, 0.5) is 18.9 Å². The van der Waals surface area contributed by atoms with Crippen molar-refractivity contribution >= 4 is 23.2 Å². The number of allylic oxidation sites excluding steroid dienone is 2. The molecule has 2 nitrogen and oxygen atoms in total. The Morgan fingerprint density at radius 1 is 1.15 bits per heavy atom. The Labute approximate surface area is 161 Å². The first-order valence-electron chi connectivity index (χ1n) is 8.49. The highest BCUT2D eigenvalue weighted by Crippen LogP contribution is 2.46. The highest BCUT2D eigenvalue weighted by atomic mass is 32.2. The summed E-state index contributed by atoms with van der Waals surface area (Å²) in [5.74, 6) is -0.0365. The lowest BCUT2D eigenvalue weighted by Gasteiger charge is -2.23. The number of nitrogens with zero attached hydrogens (tertiary/aromatic N) is 1. The van der Waals surface area contributed by atoms with Crippen LogP contribution in [0.1, 0.15) is 25.0 Å². The van der Waals surface area contributed by atoms with Gasteiger partial charge in [0.05, 0.1) is 11.3 Å².